The molecule has 1 aliphatic rings. The third-order valence-corrected chi connectivity index (χ3v) is 3.96. The van der Waals surface area contributed by atoms with Crippen LogP contribution in [-0.2, 0) is 6.54 Å². The summed E-state index contributed by atoms with van der Waals surface area (Å²) in [7, 11) is 0. The first-order valence-electron chi connectivity index (χ1n) is 7.74. The molecule has 2 aromatic heterocycles. The van der Waals surface area contributed by atoms with Crippen LogP contribution in [0.15, 0.2) is 30.9 Å². The van der Waals surface area contributed by atoms with Crippen molar-refractivity contribution in [3.8, 4) is 0 Å². The minimum atomic E-state index is 0.247. The van der Waals surface area contributed by atoms with Gasteiger partial charge in [0, 0.05) is 44.7 Å². The minimum absolute atomic E-state index is 0.247. The molecule has 7 nitrogen and oxygen atoms in total. The molecule has 118 valence electrons. The molecular weight excluding hydrogens is 280 g/mol. The van der Waals surface area contributed by atoms with E-state index < -0.39 is 0 Å². The summed E-state index contributed by atoms with van der Waals surface area (Å²) in [5, 5.41) is 16.8. The zero-order valence-electron chi connectivity index (χ0n) is 12.6. The van der Waals surface area contributed by atoms with Gasteiger partial charge in [-0.25, -0.2) is 9.97 Å². The Labute approximate surface area is 130 Å². The third kappa shape index (κ3) is 3.73. The van der Waals surface area contributed by atoms with Gasteiger partial charge in [0.25, 0.3) is 0 Å². The van der Waals surface area contributed by atoms with Crippen molar-refractivity contribution in [3.05, 3.63) is 30.9 Å². The van der Waals surface area contributed by atoms with E-state index >= 15 is 0 Å². The molecule has 1 unspecified atom stereocenters. The monoisotopic (exact) mass is 302 g/mol. The number of anilines is 2. The Morgan fingerprint density at radius 1 is 1.36 bits per heavy atom. The molecule has 3 heterocycles. The fraction of sp³-hybridized carbons (Fsp3) is 0.533. The number of aromatic nitrogens is 4. The van der Waals surface area contributed by atoms with Crippen LogP contribution in [0.1, 0.15) is 12.8 Å². The normalized spacial score (nSPS) is 18.4. The first kappa shape index (κ1) is 14.8. The lowest BCUT2D eigenvalue weighted by molar-refractivity contribution is 0.208. The van der Waals surface area contributed by atoms with Gasteiger partial charge in [-0.2, -0.15) is 5.10 Å². The van der Waals surface area contributed by atoms with E-state index in [1.807, 2.05) is 23.0 Å². The molecule has 22 heavy (non-hydrogen) atoms. The number of piperidine rings is 1. The molecule has 1 aliphatic heterocycles. The fourth-order valence-corrected chi connectivity index (χ4v) is 2.77. The smallest absolute Gasteiger partial charge is 0.134 e. The number of hydrogen-bond acceptors (Lipinski definition) is 6. The Morgan fingerprint density at radius 2 is 2.32 bits per heavy atom. The van der Waals surface area contributed by atoms with E-state index in [-0.39, 0.29) is 6.61 Å². The topological polar surface area (TPSA) is 79.1 Å². The van der Waals surface area contributed by atoms with Crippen molar-refractivity contribution in [2.24, 2.45) is 5.92 Å². The maximum Gasteiger partial charge on any atom is 0.134 e. The van der Waals surface area contributed by atoms with Crippen molar-refractivity contribution in [3.63, 3.8) is 0 Å². The van der Waals surface area contributed by atoms with Gasteiger partial charge in [-0.05, 0) is 24.8 Å². The van der Waals surface area contributed by atoms with Crippen LogP contribution >= 0.6 is 0 Å². The molecule has 0 aliphatic carbocycles. The van der Waals surface area contributed by atoms with Crippen LogP contribution in [0.25, 0.3) is 0 Å². The molecule has 3 rings (SSSR count). The van der Waals surface area contributed by atoms with Crippen LogP contribution in [0.4, 0.5) is 11.6 Å². The molecular formula is C15H22N6O. The summed E-state index contributed by atoms with van der Waals surface area (Å²) in [6.07, 6.45) is 7.49. The maximum absolute atomic E-state index is 9.34. The molecule has 2 N–H and O–H groups in total. The molecule has 7 heteroatoms. The van der Waals surface area contributed by atoms with Crippen molar-refractivity contribution in [1.82, 2.24) is 19.7 Å². The van der Waals surface area contributed by atoms with Gasteiger partial charge in [0.05, 0.1) is 6.54 Å². The number of aliphatic hydroxyl groups excluding tert-OH is 1. The van der Waals surface area contributed by atoms with Gasteiger partial charge in [0.2, 0.25) is 0 Å². The Hall–Kier alpha value is -2.15. The van der Waals surface area contributed by atoms with Crippen LogP contribution in [0, 0.1) is 5.92 Å². The molecule has 0 bridgehead atoms. The van der Waals surface area contributed by atoms with Gasteiger partial charge in [0.15, 0.2) is 0 Å². The second-order valence-corrected chi connectivity index (χ2v) is 5.59. The highest BCUT2D eigenvalue weighted by Gasteiger charge is 2.20. The van der Waals surface area contributed by atoms with Gasteiger partial charge in [0.1, 0.15) is 18.0 Å². The predicted octanol–water partition coefficient (Wildman–Crippen LogP) is 0.994. The van der Waals surface area contributed by atoms with Crippen molar-refractivity contribution in [2.45, 2.75) is 19.4 Å². The summed E-state index contributed by atoms with van der Waals surface area (Å²) in [6, 6.07) is 3.89. The summed E-state index contributed by atoms with van der Waals surface area (Å²) < 4.78 is 1.88. The quantitative estimate of drug-likeness (QED) is 0.828. The number of rotatable bonds is 6. The number of hydrogen-bond donors (Lipinski definition) is 2. The van der Waals surface area contributed by atoms with Crippen LogP contribution in [-0.4, -0.2) is 51.1 Å². The molecule has 1 atom stereocenters. The number of nitrogens with zero attached hydrogens (tertiary/aromatic N) is 5. The van der Waals surface area contributed by atoms with E-state index in [0.29, 0.717) is 5.92 Å². The summed E-state index contributed by atoms with van der Waals surface area (Å²) in [6.45, 7) is 3.65. The first-order valence-corrected chi connectivity index (χ1v) is 7.74. The minimum Gasteiger partial charge on any atom is -0.396 e. The Kier molecular flexibility index (Phi) is 4.85. The highest BCUT2D eigenvalue weighted by molar-refractivity contribution is 5.48. The lowest BCUT2D eigenvalue weighted by Crippen LogP contribution is -2.37. The molecule has 0 amide bonds. The van der Waals surface area contributed by atoms with E-state index in [1.165, 1.54) is 0 Å². The van der Waals surface area contributed by atoms with E-state index in [9.17, 15) is 5.11 Å². The van der Waals surface area contributed by atoms with E-state index in [0.717, 1.165) is 50.7 Å². The lowest BCUT2D eigenvalue weighted by atomic mass is 9.99. The molecule has 1 fully saturated rings. The average molecular weight is 302 g/mol. The SMILES string of the molecule is OCC1CCCN(c2cc(NCCn3cccn3)ncn2)C1. The van der Waals surface area contributed by atoms with E-state index in [2.05, 4.69) is 25.3 Å². The standard InChI is InChI=1S/C15H22N6O/c22-11-13-3-1-6-20(10-13)15-9-14(17-12-18-15)16-5-8-21-7-2-4-19-21/h2,4,7,9,12-13,22H,1,3,5-6,8,10-11H2,(H,16,17,18). The number of nitrogens with one attached hydrogen (secondary N) is 1. The van der Waals surface area contributed by atoms with Crippen LogP contribution in [0.5, 0.6) is 0 Å². The second kappa shape index (κ2) is 7.22. The zero-order valence-corrected chi connectivity index (χ0v) is 12.6. The van der Waals surface area contributed by atoms with Crippen molar-refractivity contribution >= 4 is 11.6 Å². The van der Waals surface area contributed by atoms with Crippen molar-refractivity contribution in [2.75, 3.05) is 36.5 Å². The molecule has 0 aromatic carbocycles. The summed E-state index contributed by atoms with van der Waals surface area (Å²) in [5.74, 6) is 2.10. The van der Waals surface area contributed by atoms with E-state index in [4.69, 9.17) is 0 Å². The molecule has 1 saturated heterocycles. The maximum atomic E-state index is 9.34. The van der Waals surface area contributed by atoms with Gasteiger partial charge in [-0.3, -0.25) is 4.68 Å². The largest absolute Gasteiger partial charge is 0.396 e. The Bertz CT molecular complexity index is 573. The van der Waals surface area contributed by atoms with Crippen molar-refractivity contribution in [1.29, 1.82) is 0 Å². The molecule has 2 aromatic rings. The van der Waals surface area contributed by atoms with Crippen LogP contribution < -0.4 is 10.2 Å². The fourth-order valence-electron chi connectivity index (χ4n) is 2.77. The van der Waals surface area contributed by atoms with Crippen LogP contribution in [0.3, 0.4) is 0 Å². The van der Waals surface area contributed by atoms with Gasteiger partial charge in [-0.15, -0.1) is 0 Å². The first-order chi connectivity index (χ1) is 10.8. The van der Waals surface area contributed by atoms with Crippen molar-refractivity contribution < 1.29 is 5.11 Å². The molecule has 0 spiro atoms. The Balaban J connectivity index is 1.57. The van der Waals surface area contributed by atoms with Gasteiger partial charge < -0.3 is 15.3 Å². The highest BCUT2D eigenvalue weighted by atomic mass is 16.3. The van der Waals surface area contributed by atoms with E-state index in [1.54, 1.807) is 12.5 Å². The highest BCUT2D eigenvalue weighted by Crippen LogP contribution is 2.22. The lowest BCUT2D eigenvalue weighted by Gasteiger charge is -2.32. The Morgan fingerprint density at radius 3 is 3.14 bits per heavy atom. The molecule has 0 saturated carbocycles. The average Bonchev–Trinajstić information content (AvgIpc) is 3.09. The predicted molar refractivity (Wildman–Crippen MR) is 84.8 cm³/mol. The third-order valence-electron chi connectivity index (χ3n) is 3.96. The summed E-state index contributed by atoms with van der Waals surface area (Å²) >= 11 is 0. The number of aliphatic hydroxyl groups is 1. The van der Waals surface area contributed by atoms with Gasteiger partial charge >= 0.3 is 0 Å². The van der Waals surface area contributed by atoms with Crippen LogP contribution in [0.2, 0.25) is 0 Å². The zero-order chi connectivity index (χ0) is 15.2. The second-order valence-electron chi connectivity index (χ2n) is 5.59. The molecule has 0 radical (unpaired) electrons. The van der Waals surface area contributed by atoms with Gasteiger partial charge in [-0.1, -0.05) is 0 Å². The summed E-state index contributed by atoms with van der Waals surface area (Å²) in [5.41, 5.74) is 0. The summed E-state index contributed by atoms with van der Waals surface area (Å²) in [4.78, 5) is 10.9.